The molecule has 2 aromatic carbocycles. The number of hydrogen-bond donors (Lipinski definition) is 0. The van der Waals surface area contributed by atoms with E-state index < -0.39 is 16.2 Å². The zero-order chi connectivity index (χ0) is 19.6. The van der Waals surface area contributed by atoms with Crippen LogP contribution in [0.1, 0.15) is 11.7 Å². The second-order valence-corrected chi connectivity index (χ2v) is 8.34. The van der Waals surface area contributed by atoms with Crippen molar-refractivity contribution in [3.05, 3.63) is 60.2 Å². The number of benzene rings is 2. The smallest absolute Gasteiger partial charge is 0.321 e. The van der Waals surface area contributed by atoms with Crippen LogP contribution in [0.15, 0.2) is 59.5 Å². The molecule has 27 heavy (non-hydrogen) atoms. The van der Waals surface area contributed by atoms with E-state index in [1.54, 1.807) is 31.1 Å². The van der Waals surface area contributed by atoms with Gasteiger partial charge in [-0.15, -0.1) is 0 Å². The molecule has 0 aliphatic carbocycles. The molecule has 1 heterocycles. The normalized spacial score (nSPS) is 17.7. The Morgan fingerprint density at radius 1 is 1.04 bits per heavy atom. The minimum atomic E-state index is -3.79. The molecule has 0 unspecified atom stereocenters. The van der Waals surface area contributed by atoms with Gasteiger partial charge in [0.25, 0.3) is 0 Å². The summed E-state index contributed by atoms with van der Waals surface area (Å²) in [6, 6.07) is 15.3. The largest absolute Gasteiger partial charge is 0.497 e. The Morgan fingerprint density at radius 2 is 1.67 bits per heavy atom. The van der Waals surface area contributed by atoms with Gasteiger partial charge in [-0.1, -0.05) is 30.3 Å². The van der Waals surface area contributed by atoms with Crippen LogP contribution in [0.2, 0.25) is 0 Å². The van der Waals surface area contributed by atoms with Crippen molar-refractivity contribution in [3.8, 4) is 5.75 Å². The summed E-state index contributed by atoms with van der Waals surface area (Å²) in [5.41, 5.74) is 0.752. The summed E-state index contributed by atoms with van der Waals surface area (Å²) >= 11 is 0. The van der Waals surface area contributed by atoms with Crippen LogP contribution in [0.25, 0.3) is 0 Å². The first kappa shape index (κ1) is 19.2. The third-order valence-corrected chi connectivity index (χ3v) is 6.39. The number of methoxy groups -OCH3 is 1. The van der Waals surface area contributed by atoms with Crippen LogP contribution in [0.5, 0.6) is 5.75 Å². The average Bonchev–Trinajstić information content (AvgIpc) is 3.13. The number of nitrogens with zero attached hydrogens (tertiary/aromatic N) is 3. The van der Waals surface area contributed by atoms with E-state index in [-0.39, 0.29) is 17.5 Å². The molecule has 0 spiro atoms. The molecule has 8 heteroatoms. The number of hydrogen-bond acceptors (Lipinski definition) is 4. The summed E-state index contributed by atoms with van der Waals surface area (Å²) < 4.78 is 33.1. The average molecular weight is 389 g/mol. The van der Waals surface area contributed by atoms with E-state index in [1.807, 2.05) is 30.3 Å². The Bertz CT molecular complexity index is 898. The summed E-state index contributed by atoms with van der Waals surface area (Å²) in [5.74, 6) is 0.583. The van der Waals surface area contributed by atoms with Crippen LogP contribution in [-0.4, -0.2) is 62.8 Å². The van der Waals surface area contributed by atoms with Gasteiger partial charge in [-0.3, -0.25) is 0 Å². The highest BCUT2D eigenvalue weighted by molar-refractivity contribution is 7.89. The molecule has 3 rings (SSSR count). The molecule has 0 bridgehead atoms. The van der Waals surface area contributed by atoms with Crippen LogP contribution in [-0.2, 0) is 10.0 Å². The lowest BCUT2D eigenvalue weighted by molar-refractivity contribution is 0.151. The van der Waals surface area contributed by atoms with Gasteiger partial charge in [0.1, 0.15) is 11.9 Å². The standard InChI is InChI=1S/C19H23N3O4S/c1-20(2)19(23)21-13-14-22(18(21)15-7-5-4-6-8-15)27(24,25)17-11-9-16(26-3)10-12-17/h4-12,18H,13-14H2,1-3H3/t18-/m1/s1. The van der Waals surface area contributed by atoms with Crippen LogP contribution in [0.4, 0.5) is 4.79 Å². The van der Waals surface area contributed by atoms with E-state index in [2.05, 4.69) is 0 Å². The molecule has 0 N–H and O–H groups in total. The SMILES string of the molecule is COc1ccc(S(=O)(=O)N2CCN(C(=O)N(C)C)[C@H]2c2ccccc2)cc1. The minimum Gasteiger partial charge on any atom is -0.497 e. The van der Waals surface area contributed by atoms with E-state index in [4.69, 9.17) is 4.74 Å². The van der Waals surface area contributed by atoms with Crippen molar-refractivity contribution in [1.82, 2.24) is 14.1 Å². The fourth-order valence-corrected chi connectivity index (χ4v) is 4.74. The predicted octanol–water partition coefficient (Wildman–Crippen LogP) is 2.38. The van der Waals surface area contributed by atoms with Gasteiger partial charge in [0.2, 0.25) is 10.0 Å². The Kier molecular flexibility index (Phi) is 5.38. The van der Waals surface area contributed by atoms with Crippen LogP contribution >= 0.6 is 0 Å². The number of ether oxygens (including phenoxy) is 1. The van der Waals surface area contributed by atoms with Gasteiger partial charge in [-0.05, 0) is 29.8 Å². The zero-order valence-electron chi connectivity index (χ0n) is 15.6. The van der Waals surface area contributed by atoms with Crippen molar-refractivity contribution in [2.75, 3.05) is 34.3 Å². The summed E-state index contributed by atoms with van der Waals surface area (Å²) in [4.78, 5) is 15.8. The number of amides is 2. The zero-order valence-corrected chi connectivity index (χ0v) is 16.4. The fourth-order valence-electron chi connectivity index (χ4n) is 3.17. The van der Waals surface area contributed by atoms with E-state index in [1.165, 1.54) is 28.4 Å². The lowest BCUT2D eigenvalue weighted by atomic mass is 10.1. The maximum Gasteiger partial charge on any atom is 0.321 e. The second-order valence-electron chi connectivity index (χ2n) is 6.45. The van der Waals surface area contributed by atoms with Crippen molar-refractivity contribution in [3.63, 3.8) is 0 Å². The molecule has 1 aliphatic rings. The molecule has 1 fully saturated rings. The molecular weight excluding hydrogens is 366 g/mol. The summed E-state index contributed by atoms with van der Waals surface area (Å²) in [7, 11) is 1.06. The van der Waals surface area contributed by atoms with Crippen molar-refractivity contribution < 1.29 is 17.9 Å². The molecule has 2 amide bonds. The van der Waals surface area contributed by atoms with Gasteiger partial charge in [-0.2, -0.15) is 4.31 Å². The van der Waals surface area contributed by atoms with Crippen LogP contribution < -0.4 is 4.74 Å². The lowest BCUT2D eigenvalue weighted by Gasteiger charge is -2.31. The number of sulfonamides is 1. The van der Waals surface area contributed by atoms with Crippen LogP contribution in [0, 0.1) is 0 Å². The quantitative estimate of drug-likeness (QED) is 0.805. The van der Waals surface area contributed by atoms with Crippen molar-refractivity contribution in [2.24, 2.45) is 0 Å². The summed E-state index contributed by atoms with van der Waals surface area (Å²) in [5, 5.41) is 0. The van der Waals surface area contributed by atoms with Crippen molar-refractivity contribution >= 4 is 16.1 Å². The maximum atomic E-state index is 13.3. The first-order chi connectivity index (χ1) is 12.9. The van der Waals surface area contributed by atoms with Gasteiger partial charge in [0.15, 0.2) is 0 Å². The molecule has 0 saturated carbocycles. The third kappa shape index (κ3) is 3.63. The second kappa shape index (κ2) is 7.58. The molecule has 1 saturated heterocycles. The monoisotopic (exact) mass is 389 g/mol. The van der Waals surface area contributed by atoms with E-state index in [0.717, 1.165) is 5.56 Å². The maximum absolute atomic E-state index is 13.3. The number of rotatable bonds is 4. The Hall–Kier alpha value is -2.58. The first-order valence-corrected chi connectivity index (χ1v) is 9.99. The molecule has 1 aliphatic heterocycles. The lowest BCUT2D eigenvalue weighted by Crippen LogP contribution is -2.42. The predicted molar refractivity (Wildman–Crippen MR) is 102 cm³/mol. The Morgan fingerprint density at radius 3 is 2.22 bits per heavy atom. The molecule has 2 aromatic rings. The molecular formula is C19H23N3O4S. The number of carbonyl (C=O) groups excluding carboxylic acids is 1. The molecule has 0 radical (unpaired) electrons. The molecule has 144 valence electrons. The van der Waals surface area contributed by atoms with Gasteiger partial charge in [0, 0.05) is 27.2 Å². The van der Waals surface area contributed by atoms with Gasteiger partial charge < -0.3 is 14.5 Å². The Labute approximate surface area is 159 Å². The topological polar surface area (TPSA) is 70.2 Å². The number of urea groups is 1. The van der Waals surface area contributed by atoms with Gasteiger partial charge >= 0.3 is 6.03 Å². The van der Waals surface area contributed by atoms with E-state index in [9.17, 15) is 13.2 Å². The highest BCUT2D eigenvalue weighted by atomic mass is 32.2. The fraction of sp³-hybridized carbons (Fsp3) is 0.316. The molecule has 0 aromatic heterocycles. The first-order valence-electron chi connectivity index (χ1n) is 8.55. The summed E-state index contributed by atoms with van der Waals surface area (Å²) in [6.07, 6.45) is -0.687. The highest BCUT2D eigenvalue weighted by Gasteiger charge is 2.43. The molecule has 7 nitrogen and oxygen atoms in total. The van der Waals surface area contributed by atoms with Crippen molar-refractivity contribution in [2.45, 2.75) is 11.1 Å². The van der Waals surface area contributed by atoms with E-state index in [0.29, 0.717) is 12.3 Å². The third-order valence-electron chi connectivity index (χ3n) is 4.52. The van der Waals surface area contributed by atoms with Gasteiger partial charge in [0.05, 0.1) is 12.0 Å². The number of carbonyl (C=O) groups is 1. The minimum absolute atomic E-state index is 0.170. The van der Waals surface area contributed by atoms with Crippen LogP contribution in [0.3, 0.4) is 0 Å². The molecule has 1 atom stereocenters. The highest BCUT2D eigenvalue weighted by Crippen LogP contribution is 2.35. The Balaban J connectivity index is 2.03. The summed E-state index contributed by atoms with van der Waals surface area (Å²) in [6.45, 7) is 0.555. The van der Waals surface area contributed by atoms with Crippen molar-refractivity contribution in [1.29, 1.82) is 0 Å². The van der Waals surface area contributed by atoms with Gasteiger partial charge in [-0.25, -0.2) is 13.2 Å². The van der Waals surface area contributed by atoms with E-state index >= 15 is 0 Å².